The second-order valence-electron chi connectivity index (χ2n) is 21.3. The van der Waals surface area contributed by atoms with Crippen molar-refractivity contribution in [3.05, 3.63) is 235 Å². The highest BCUT2D eigenvalue weighted by Gasteiger charge is 2.41. The van der Waals surface area contributed by atoms with Crippen LogP contribution in [0.25, 0.3) is 33.4 Å². The number of hydrogen-bond donors (Lipinski definition) is 0. The van der Waals surface area contributed by atoms with Gasteiger partial charge in [0.2, 0.25) is 0 Å². The van der Waals surface area contributed by atoms with Crippen molar-refractivity contribution in [3.63, 3.8) is 0 Å². The van der Waals surface area contributed by atoms with E-state index in [0.29, 0.717) is 51.2 Å². The summed E-state index contributed by atoms with van der Waals surface area (Å²) in [5.74, 6) is -1.64. The van der Waals surface area contributed by atoms with E-state index in [4.69, 9.17) is 56.8 Å². The topological polar surface area (TPSA) is 213 Å². The molecule has 0 N–H and O–H groups in total. The van der Waals surface area contributed by atoms with Gasteiger partial charge in [-0.2, -0.15) is 0 Å². The maximum Gasteiger partial charge on any atom is 0.343 e. The van der Waals surface area contributed by atoms with Crippen LogP contribution in [0.5, 0.6) is 51.7 Å². The summed E-state index contributed by atoms with van der Waals surface area (Å²) in [7, 11) is 4.82. The summed E-state index contributed by atoms with van der Waals surface area (Å²) in [6, 6.07) is 63.2. The Morgan fingerprint density at radius 1 is 0.258 bits per heavy atom. The maximum absolute atomic E-state index is 13.7. The van der Waals surface area contributed by atoms with Crippen LogP contribution in [-0.4, -0.2) is 96.8 Å². The molecule has 0 aromatic heterocycles. The summed E-state index contributed by atoms with van der Waals surface area (Å²) in [6.45, 7) is -0.595. The van der Waals surface area contributed by atoms with Crippen molar-refractivity contribution < 1.29 is 85.6 Å². The Morgan fingerprint density at radius 3 is 0.656 bits per heavy atom. The molecular weight excluding hydrogens is 1190 g/mol. The molecule has 0 unspecified atom stereocenters. The molecule has 0 amide bonds. The fourth-order valence-corrected chi connectivity index (χ4v) is 10.2. The van der Waals surface area contributed by atoms with Gasteiger partial charge in [-0.15, -0.1) is 0 Å². The lowest BCUT2D eigenvalue weighted by molar-refractivity contribution is -0.161. The molecule has 0 heterocycles. The van der Waals surface area contributed by atoms with Crippen molar-refractivity contribution in [2.75, 3.05) is 61.0 Å². The van der Waals surface area contributed by atoms with Crippen LogP contribution in [-0.2, 0) is 28.6 Å². The minimum atomic E-state index is -0.877. The molecule has 1 saturated carbocycles. The lowest BCUT2D eigenvalue weighted by Gasteiger charge is -2.31. The molecule has 18 nitrogen and oxygen atoms in total. The van der Waals surface area contributed by atoms with Crippen molar-refractivity contribution in [1.82, 2.24) is 0 Å². The zero-order chi connectivity index (χ0) is 64.9. The first-order valence-electron chi connectivity index (χ1n) is 30.0. The molecule has 10 rings (SSSR count). The average Bonchev–Trinajstić information content (AvgIpc) is 3.20. The molecule has 0 aliphatic heterocycles. The molecule has 9 aromatic carbocycles. The van der Waals surface area contributed by atoms with Crippen LogP contribution in [0, 0.1) is 17.8 Å². The molecule has 1 fully saturated rings. The minimum Gasteiger partial charge on any atom is -0.497 e. The molecule has 0 spiro atoms. The summed E-state index contributed by atoms with van der Waals surface area (Å²) in [6.07, 6.45) is 0.129. The number of esters is 6. The van der Waals surface area contributed by atoms with E-state index in [1.165, 1.54) is 0 Å². The number of hydrogen-bond acceptors (Lipinski definition) is 18. The van der Waals surface area contributed by atoms with Gasteiger partial charge in [-0.05, 0) is 198 Å². The molecule has 0 saturated heterocycles. The standard InChI is InChI=1S/C75H66O18/c1-82-61-22-4-49(5-23-61)52-10-34-67(35-11-52)91-73(79)55-16-28-64(29-17-55)85-40-43-88-70(76)58-46-59(71(77)89-44-41-86-65-30-18-56(19-31-65)74(80)92-68-36-12-53(13-37-68)50-6-24-62(83-2)25-7-50)48-60(47-58)72(78)90-45-42-87-66-32-20-57(21-33-66)75(81)93-69-38-14-54(15-39-69)51-8-26-63(84-3)27-9-51/h4-39,58-60H,40-48H2,1-3H3. The van der Waals surface area contributed by atoms with Gasteiger partial charge in [-0.3, -0.25) is 14.4 Å². The van der Waals surface area contributed by atoms with Crippen LogP contribution in [0.15, 0.2) is 218 Å². The number of carbonyl (C=O) groups excluding carboxylic acids is 6. The quantitative estimate of drug-likeness (QED) is 0.0203. The lowest BCUT2D eigenvalue weighted by Crippen LogP contribution is -2.38. The molecule has 1 aliphatic carbocycles. The Hall–Kier alpha value is -11.4. The highest BCUT2D eigenvalue weighted by molar-refractivity contribution is 5.93. The van der Waals surface area contributed by atoms with Gasteiger partial charge < -0.3 is 56.8 Å². The maximum atomic E-state index is 13.7. The second-order valence-corrected chi connectivity index (χ2v) is 21.3. The van der Waals surface area contributed by atoms with Gasteiger partial charge in [0, 0.05) is 0 Å². The first kappa shape index (κ1) is 64.6. The summed E-state index contributed by atoms with van der Waals surface area (Å²) >= 11 is 0. The molecular formula is C75H66O18. The first-order chi connectivity index (χ1) is 45.4. The third-order valence-electron chi connectivity index (χ3n) is 15.2. The van der Waals surface area contributed by atoms with Crippen LogP contribution in [0.1, 0.15) is 50.3 Å². The minimum absolute atomic E-state index is 0.0402. The Bertz CT molecular complexity index is 3530. The summed E-state index contributed by atoms with van der Waals surface area (Å²) in [4.78, 5) is 80.1. The van der Waals surface area contributed by atoms with Crippen LogP contribution in [0.2, 0.25) is 0 Å². The van der Waals surface area contributed by atoms with E-state index in [1.54, 1.807) is 131 Å². The summed E-state index contributed by atoms with van der Waals surface area (Å²) in [5, 5.41) is 0. The van der Waals surface area contributed by atoms with Gasteiger partial charge in [0.15, 0.2) is 0 Å². The van der Waals surface area contributed by atoms with Crippen molar-refractivity contribution in [2.45, 2.75) is 19.3 Å². The van der Waals surface area contributed by atoms with E-state index in [9.17, 15) is 28.8 Å². The molecule has 9 aromatic rings. The van der Waals surface area contributed by atoms with Crippen molar-refractivity contribution in [1.29, 1.82) is 0 Å². The zero-order valence-corrected chi connectivity index (χ0v) is 51.2. The van der Waals surface area contributed by atoms with Crippen molar-refractivity contribution in [2.24, 2.45) is 17.8 Å². The van der Waals surface area contributed by atoms with Crippen molar-refractivity contribution >= 4 is 35.8 Å². The van der Waals surface area contributed by atoms with E-state index in [0.717, 1.165) is 50.6 Å². The Labute approximate surface area is 537 Å². The molecule has 0 atom stereocenters. The number of methoxy groups -OCH3 is 3. The Morgan fingerprint density at radius 2 is 0.452 bits per heavy atom. The molecule has 0 bridgehead atoms. The number of ether oxygens (including phenoxy) is 12. The van der Waals surface area contributed by atoms with Gasteiger partial charge >= 0.3 is 35.8 Å². The Kier molecular flexibility index (Phi) is 22.1. The van der Waals surface area contributed by atoms with Gasteiger partial charge in [-0.25, -0.2) is 14.4 Å². The highest BCUT2D eigenvalue weighted by Crippen LogP contribution is 2.37. The smallest absolute Gasteiger partial charge is 0.343 e. The monoisotopic (exact) mass is 1250 g/mol. The largest absolute Gasteiger partial charge is 0.497 e. The molecule has 93 heavy (non-hydrogen) atoms. The van der Waals surface area contributed by atoms with E-state index in [2.05, 4.69) is 0 Å². The molecule has 0 radical (unpaired) electrons. The van der Waals surface area contributed by atoms with Gasteiger partial charge in [0.05, 0.1) is 55.8 Å². The van der Waals surface area contributed by atoms with Crippen LogP contribution >= 0.6 is 0 Å². The van der Waals surface area contributed by atoms with Gasteiger partial charge in [0.25, 0.3) is 0 Å². The SMILES string of the molecule is COc1ccc(-c2ccc(OC(=O)c3ccc(OCCOC(=O)C4CC(C(=O)OCCOc5ccc(C(=O)Oc6ccc(-c7ccc(OC)cc7)cc6)cc5)CC(C(=O)OCCOc5ccc(C(=O)Oc6ccc(-c7ccc(OC)cc7)cc6)cc5)C4)cc3)cc2)cc1. The average molecular weight is 1260 g/mol. The molecule has 18 heteroatoms. The summed E-state index contributed by atoms with van der Waals surface area (Å²) < 4.78 is 66.9. The van der Waals surface area contributed by atoms with E-state index >= 15 is 0 Å². The van der Waals surface area contributed by atoms with E-state index in [1.807, 2.05) is 109 Å². The Balaban J connectivity index is 0.686. The predicted molar refractivity (Wildman–Crippen MR) is 343 cm³/mol. The third-order valence-corrected chi connectivity index (χ3v) is 15.2. The van der Waals surface area contributed by atoms with Gasteiger partial charge in [-0.1, -0.05) is 72.8 Å². The van der Waals surface area contributed by atoms with Crippen molar-refractivity contribution in [3.8, 4) is 85.1 Å². The highest BCUT2D eigenvalue weighted by atomic mass is 16.6. The molecule has 474 valence electrons. The zero-order valence-electron chi connectivity index (χ0n) is 51.2. The number of carbonyl (C=O) groups is 6. The lowest BCUT2D eigenvalue weighted by atomic mass is 9.75. The van der Waals surface area contributed by atoms with E-state index in [-0.39, 0.29) is 58.9 Å². The normalized spacial score (nSPS) is 14.0. The number of benzene rings is 9. The summed E-state index contributed by atoms with van der Waals surface area (Å²) in [5.41, 5.74) is 6.64. The van der Waals surface area contributed by atoms with E-state index < -0.39 is 53.6 Å². The third kappa shape index (κ3) is 18.2. The van der Waals surface area contributed by atoms with Crippen LogP contribution < -0.4 is 42.6 Å². The van der Waals surface area contributed by atoms with Crippen LogP contribution in [0.4, 0.5) is 0 Å². The number of rotatable bonds is 27. The van der Waals surface area contributed by atoms with Crippen LogP contribution in [0.3, 0.4) is 0 Å². The molecule has 1 aliphatic rings. The second kappa shape index (κ2) is 31.9. The first-order valence-corrected chi connectivity index (χ1v) is 30.0. The fourth-order valence-electron chi connectivity index (χ4n) is 10.2. The van der Waals surface area contributed by atoms with Gasteiger partial charge in [0.1, 0.15) is 91.4 Å². The fraction of sp³-hybridized carbons (Fsp3) is 0.200. The predicted octanol–water partition coefficient (Wildman–Crippen LogP) is 13.6.